The lowest BCUT2D eigenvalue weighted by Crippen LogP contribution is -2.22. The van der Waals surface area contributed by atoms with Crippen LogP contribution in [0.15, 0.2) is 6.07 Å². The van der Waals surface area contributed by atoms with E-state index in [1.807, 2.05) is 6.92 Å². The highest BCUT2D eigenvalue weighted by Gasteiger charge is 2.16. The van der Waals surface area contributed by atoms with Gasteiger partial charge in [0.1, 0.15) is 11.4 Å². The van der Waals surface area contributed by atoms with E-state index >= 15 is 0 Å². The normalized spacial score (nSPS) is 14.4. The second-order valence-corrected chi connectivity index (χ2v) is 3.34. The van der Waals surface area contributed by atoms with Crippen LogP contribution in [0.4, 0.5) is 0 Å². The van der Waals surface area contributed by atoms with E-state index in [1.165, 1.54) is 0 Å². The van der Waals surface area contributed by atoms with Crippen LogP contribution in [-0.2, 0) is 6.42 Å². The Balaban J connectivity index is 2.19. The maximum atomic E-state index is 11.5. The van der Waals surface area contributed by atoms with Gasteiger partial charge in [0.05, 0.1) is 12.3 Å². The number of amides is 1. The van der Waals surface area contributed by atoms with Crippen molar-refractivity contribution < 1.29 is 9.53 Å². The number of aromatic nitrogens is 1. The van der Waals surface area contributed by atoms with Crippen LogP contribution in [0.2, 0.25) is 0 Å². The van der Waals surface area contributed by atoms with E-state index in [4.69, 9.17) is 4.74 Å². The van der Waals surface area contributed by atoms with E-state index in [1.54, 1.807) is 6.07 Å². The van der Waals surface area contributed by atoms with Crippen molar-refractivity contribution in [1.29, 1.82) is 0 Å². The van der Waals surface area contributed by atoms with Crippen LogP contribution >= 0.6 is 0 Å². The number of hydrogen-bond donors (Lipinski definition) is 2. The lowest BCUT2D eigenvalue weighted by Gasteiger charge is -2.11. The molecule has 1 aromatic heterocycles. The Morgan fingerprint density at radius 3 is 3.29 bits per heavy atom. The van der Waals surface area contributed by atoms with Crippen molar-refractivity contribution in [2.75, 3.05) is 13.2 Å². The van der Waals surface area contributed by atoms with Gasteiger partial charge in [0.15, 0.2) is 0 Å². The van der Waals surface area contributed by atoms with Crippen molar-refractivity contribution in [3.05, 3.63) is 17.5 Å². The lowest BCUT2D eigenvalue weighted by atomic mass is 10.2. The average Bonchev–Trinajstić information content (AvgIpc) is 2.61. The summed E-state index contributed by atoms with van der Waals surface area (Å²) in [6.45, 7) is 3.29. The fraction of sp³-hybridized carbons (Fsp3) is 0.500. The van der Waals surface area contributed by atoms with Crippen LogP contribution in [0.25, 0.3) is 0 Å². The minimum atomic E-state index is -0.0644. The molecule has 2 rings (SSSR count). The number of ether oxygens (including phenoxy) is 1. The minimum absolute atomic E-state index is 0.0644. The van der Waals surface area contributed by atoms with Gasteiger partial charge < -0.3 is 15.0 Å². The zero-order chi connectivity index (χ0) is 9.97. The van der Waals surface area contributed by atoms with Crippen molar-refractivity contribution in [2.45, 2.75) is 19.8 Å². The molecule has 0 aliphatic carbocycles. The van der Waals surface area contributed by atoms with Crippen molar-refractivity contribution in [1.82, 2.24) is 10.3 Å². The van der Waals surface area contributed by atoms with Gasteiger partial charge in [-0.05, 0) is 19.8 Å². The summed E-state index contributed by atoms with van der Waals surface area (Å²) in [6, 6.07) is 1.78. The summed E-state index contributed by atoms with van der Waals surface area (Å²) in [6.07, 6.45) is 1.98. The third kappa shape index (κ3) is 1.60. The van der Waals surface area contributed by atoms with Gasteiger partial charge in [-0.1, -0.05) is 0 Å². The molecule has 2 heterocycles. The second kappa shape index (κ2) is 3.74. The first-order valence-corrected chi connectivity index (χ1v) is 4.94. The molecule has 1 amide bonds. The summed E-state index contributed by atoms with van der Waals surface area (Å²) in [5, 5.41) is 2.75. The Bertz CT molecular complexity index is 320. The second-order valence-electron chi connectivity index (χ2n) is 3.34. The Hall–Kier alpha value is -1.45. The molecule has 1 aliphatic rings. The monoisotopic (exact) mass is 194 g/mol. The van der Waals surface area contributed by atoms with Crippen molar-refractivity contribution in [3.8, 4) is 5.75 Å². The number of aromatic amines is 1. The quantitative estimate of drug-likeness (QED) is 0.740. The Morgan fingerprint density at radius 1 is 1.71 bits per heavy atom. The molecule has 0 atom stereocenters. The van der Waals surface area contributed by atoms with Gasteiger partial charge in [0, 0.05) is 12.6 Å². The first-order chi connectivity index (χ1) is 6.81. The Kier molecular flexibility index (Phi) is 2.43. The molecule has 1 aliphatic heterocycles. The number of H-pyrrole nitrogens is 1. The topological polar surface area (TPSA) is 54.1 Å². The number of nitrogens with one attached hydrogen (secondary N) is 2. The molecule has 1 aromatic rings. The van der Waals surface area contributed by atoms with Crippen LogP contribution in [0.5, 0.6) is 5.75 Å². The molecular formula is C10H14N2O2. The average molecular weight is 194 g/mol. The molecule has 76 valence electrons. The van der Waals surface area contributed by atoms with Gasteiger partial charge in [-0.2, -0.15) is 0 Å². The smallest absolute Gasteiger partial charge is 0.267 e. The summed E-state index contributed by atoms with van der Waals surface area (Å²) in [5.74, 6) is 0.767. The highest BCUT2D eigenvalue weighted by molar-refractivity contribution is 5.93. The van der Waals surface area contributed by atoms with E-state index in [2.05, 4.69) is 10.3 Å². The number of carbonyl (C=O) groups is 1. The highest BCUT2D eigenvalue weighted by atomic mass is 16.5. The van der Waals surface area contributed by atoms with E-state index in [0.29, 0.717) is 12.2 Å². The van der Waals surface area contributed by atoms with Gasteiger partial charge in [-0.3, -0.25) is 4.79 Å². The molecule has 4 nitrogen and oxygen atoms in total. The Morgan fingerprint density at radius 2 is 2.57 bits per heavy atom. The van der Waals surface area contributed by atoms with Crippen LogP contribution in [0, 0.1) is 0 Å². The molecule has 0 unspecified atom stereocenters. The molecular weight excluding hydrogens is 180 g/mol. The number of hydrogen-bond acceptors (Lipinski definition) is 2. The molecule has 0 radical (unpaired) electrons. The van der Waals surface area contributed by atoms with Crippen LogP contribution in [-0.4, -0.2) is 24.0 Å². The van der Waals surface area contributed by atoms with Crippen LogP contribution in [0.3, 0.4) is 0 Å². The summed E-state index contributed by atoms with van der Waals surface area (Å²) in [5.41, 5.74) is 1.64. The van der Waals surface area contributed by atoms with E-state index in [9.17, 15) is 4.79 Å². The third-order valence-electron chi connectivity index (χ3n) is 2.27. The fourth-order valence-electron chi connectivity index (χ4n) is 1.60. The van der Waals surface area contributed by atoms with Gasteiger partial charge >= 0.3 is 0 Å². The number of fused-ring (bicyclic) bond motifs is 1. The summed E-state index contributed by atoms with van der Waals surface area (Å²) in [4.78, 5) is 14.5. The number of rotatable bonds is 2. The van der Waals surface area contributed by atoms with Gasteiger partial charge in [-0.25, -0.2) is 0 Å². The van der Waals surface area contributed by atoms with Crippen molar-refractivity contribution >= 4 is 5.91 Å². The van der Waals surface area contributed by atoms with Crippen molar-refractivity contribution in [2.24, 2.45) is 0 Å². The fourth-order valence-corrected chi connectivity index (χ4v) is 1.60. The van der Waals surface area contributed by atoms with Gasteiger partial charge in [0.2, 0.25) is 0 Å². The zero-order valence-electron chi connectivity index (χ0n) is 8.22. The molecule has 0 saturated carbocycles. The largest absolute Gasteiger partial charge is 0.492 e. The predicted octanol–water partition coefficient (Wildman–Crippen LogP) is 1.09. The molecule has 14 heavy (non-hydrogen) atoms. The number of carbonyl (C=O) groups excluding carboxylic acids is 1. The highest BCUT2D eigenvalue weighted by Crippen LogP contribution is 2.25. The maximum Gasteiger partial charge on any atom is 0.267 e. The summed E-state index contributed by atoms with van der Waals surface area (Å²) in [7, 11) is 0. The first-order valence-electron chi connectivity index (χ1n) is 4.94. The van der Waals surface area contributed by atoms with Crippen LogP contribution in [0.1, 0.15) is 29.5 Å². The molecule has 0 bridgehead atoms. The van der Waals surface area contributed by atoms with E-state index < -0.39 is 0 Å². The van der Waals surface area contributed by atoms with Crippen molar-refractivity contribution in [3.63, 3.8) is 0 Å². The molecule has 0 saturated heterocycles. The maximum absolute atomic E-state index is 11.5. The molecule has 2 N–H and O–H groups in total. The zero-order valence-corrected chi connectivity index (χ0v) is 8.22. The summed E-state index contributed by atoms with van der Waals surface area (Å²) < 4.78 is 5.42. The SMILES string of the molecule is CCNC(=O)c1cc2c([nH]1)CCCO2. The van der Waals surface area contributed by atoms with Crippen LogP contribution < -0.4 is 10.1 Å². The third-order valence-corrected chi connectivity index (χ3v) is 2.27. The lowest BCUT2D eigenvalue weighted by molar-refractivity contribution is 0.0951. The standard InChI is InChI=1S/C10H14N2O2/c1-2-11-10(13)8-6-9-7(12-8)4-3-5-14-9/h6,12H,2-5H2,1H3,(H,11,13). The van der Waals surface area contributed by atoms with E-state index in [0.717, 1.165) is 30.9 Å². The molecule has 0 spiro atoms. The van der Waals surface area contributed by atoms with E-state index in [-0.39, 0.29) is 5.91 Å². The minimum Gasteiger partial charge on any atom is -0.492 e. The van der Waals surface area contributed by atoms with Gasteiger partial charge in [0.25, 0.3) is 5.91 Å². The molecule has 4 heteroatoms. The molecule has 0 aromatic carbocycles. The summed E-state index contributed by atoms with van der Waals surface area (Å²) >= 11 is 0. The Labute approximate surface area is 82.6 Å². The predicted molar refractivity (Wildman–Crippen MR) is 52.6 cm³/mol. The van der Waals surface area contributed by atoms with Gasteiger partial charge in [-0.15, -0.1) is 0 Å². The molecule has 0 fully saturated rings. The number of aryl methyl sites for hydroxylation is 1. The first kappa shape index (κ1) is 9.12.